The Morgan fingerprint density at radius 1 is 1.08 bits per heavy atom. The number of alkyl halides is 6. The molecule has 0 bridgehead atoms. The molecule has 1 fully saturated rings. The highest BCUT2D eigenvalue weighted by molar-refractivity contribution is 5.04. The Kier molecular flexibility index (Phi) is 1.82. The van der Waals surface area contributed by atoms with Gasteiger partial charge < -0.3 is 4.74 Å². The molecule has 0 aromatic carbocycles. The quantitative estimate of drug-likeness (QED) is 0.579. The highest BCUT2D eigenvalue weighted by atomic mass is 19.3. The number of hydrogen-bond acceptors (Lipinski definition) is 1. The molecule has 1 rings (SSSR count). The normalized spacial score (nSPS) is 38.5. The third-order valence-electron chi connectivity index (χ3n) is 1.66. The maximum atomic E-state index is 12.6. The van der Waals surface area contributed by atoms with E-state index in [1.807, 2.05) is 0 Å². The molecule has 0 aliphatic carbocycles. The van der Waals surface area contributed by atoms with Gasteiger partial charge in [0, 0.05) is 0 Å². The summed E-state index contributed by atoms with van der Waals surface area (Å²) in [4.78, 5) is 0. The molecule has 0 aromatic heterocycles. The fraction of sp³-hybridized carbons (Fsp3) is 1.00. The fourth-order valence-electron chi connectivity index (χ4n) is 0.799. The summed E-state index contributed by atoms with van der Waals surface area (Å²) in [5.41, 5.74) is -4.53. The van der Waals surface area contributed by atoms with Crippen LogP contribution in [0.5, 0.6) is 0 Å². The number of halogens is 6. The molecule has 12 heavy (non-hydrogen) atoms. The maximum absolute atomic E-state index is 12.6. The van der Waals surface area contributed by atoms with Gasteiger partial charge in [0.1, 0.15) is 13.3 Å². The van der Waals surface area contributed by atoms with E-state index in [4.69, 9.17) is 0 Å². The molecule has 1 atom stereocenters. The fourth-order valence-corrected chi connectivity index (χ4v) is 0.799. The smallest absolute Gasteiger partial charge is 0.311 e. The summed E-state index contributed by atoms with van der Waals surface area (Å²) >= 11 is 0. The van der Waals surface area contributed by atoms with Crippen LogP contribution in [-0.2, 0) is 4.74 Å². The predicted molar refractivity (Wildman–Crippen MR) is 25.7 cm³/mol. The van der Waals surface area contributed by atoms with E-state index in [9.17, 15) is 26.3 Å². The van der Waals surface area contributed by atoms with Crippen LogP contribution in [-0.4, -0.2) is 31.0 Å². The largest absolute Gasteiger partial charge is 0.398 e. The molecule has 0 aromatic rings. The van der Waals surface area contributed by atoms with Crippen molar-refractivity contribution < 1.29 is 31.1 Å². The van der Waals surface area contributed by atoms with Crippen LogP contribution in [0.4, 0.5) is 26.3 Å². The van der Waals surface area contributed by atoms with Crippen LogP contribution < -0.4 is 0 Å². The van der Waals surface area contributed by atoms with Crippen LogP contribution in [0, 0.1) is 0 Å². The summed E-state index contributed by atoms with van der Waals surface area (Å²) in [7, 11) is 0. The second-order valence-corrected chi connectivity index (χ2v) is 2.44. The van der Waals surface area contributed by atoms with Crippen molar-refractivity contribution in [2.45, 2.75) is 17.7 Å². The second kappa shape index (κ2) is 2.27. The van der Waals surface area contributed by atoms with Gasteiger partial charge in [-0.15, -0.1) is 0 Å². The van der Waals surface area contributed by atoms with E-state index in [0.29, 0.717) is 0 Å². The van der Waals surface area contributed by atoms with Crippen molar-refractivity contribution >= 4 is 0 Å². The summed E-state index contributed by atoms with van der Waals surface area (Å²) in [6.07, 6.45) is -4.76. The van der Waals surface area contributed by atoms with E-state index < -0.39 is 31.0 Å². The summed E-state index contributed by atoms with van der Waals surface area (Å²) in [6, 6.07) is 0. The van der Waals surface area contributed by atoms with Crippen molar-refractivity contribution in [2.75, 3.05) is 13.3 Å². The first-order chi connectivity index (χ1) is 5.27. The van der Waals surface area contributed by atoms with Gasteiger partial charge in [0.25, 0.3) is 5.67 Å². The Bertz CT molecular complexity index is 174. The van der Waals surface area contributed by atoms with E-state index in [0.717, 1.165) is 0 Å². The molecule has 0 N–H and O–H groups in total. The third kappa shape index (κ3) is 0.917. The minimum Gasteiger partial charge on any atom is -0.311 e. The zero-order valence-electron chi connectivity index (χ0n) is 5.59. The van der Waals surface area contributed by atoms with Gasteiger partial charge in [0.05, 0.1) is 0 Å². The molecule has 0 radical (unpaired) electrons. The first-order valence-corrected chi connectivity index (χ1v) is 2.91. The molecule has 1 aliphatic rings. The summed E-state index contributed by atoms with van der Waals surface area (Å²) in [5.74, 6) is -4.48. The highest BCUT2D eigenvalue weighted by Crippen LogP contribution is 2.51. The Morgan fingerprint density at radius 3 is 1.75 bits per heavy atom. The first-order valence-electron chi connectivity index (χ1n) is 2.91. The van der Waals surface area contributed by atoms with Crippen molar-refractivity contribution in [1.29, 1.82) is 0 Å². The topological polar surface area (TPSA) is 9.23 Å². The van der Waals surface area contributed by atoms with Gasteiger partial charge in [-0.1, -0.05) is 0 Å². The van der Waals surface area contributed by atoms with Gasteiger partial charge in [-0.3, -0.25) is 0 Å². The van der Waals surface area contributed by atoms with Crippen LogP contribution in [0.3, 0.4) is 0 Å². The minimum absolute atomic E-state index is 1.81. The van der Waals surface area contributed by atoms with E-state index >= 15 is 0 Å². The first kappa shape index (κ1) is 9.63. The lowest BCUT2D eigenvalue weighted by Crippen LogP contribution is -2.53. The SMILES string of the molecule is FCC1(F)C(F)(F)COC1(F)F. The highest BCUT2D eigenvalue weighted by Gasteiger charge is 2.76. The van der Waals surface area contributed by atoms with E-state index in [-0.39, 0.29) is 0 Å². The molecule has 7 heteroatoms. The summed E-state index contributed by atoms with van der Waals surface area (Å²) in [5, 5.41) is 0. The standard InChI is InChI=1S/C5H4F6O/c6-1-3(7)4(8,9)2-12-5(3,10)11/h1-2H2. The van der Waals surface area contributed by atoms with Crippen LogP contribution in [0.25, 0.3) is 0 Å². The van der Waals surface area contributed by atoms with E-state index in [2.05, 4.69) is 4.74 Å². The Hall–Kier alpha value is -0.460. The number of hydrogen-bond donors (Lipinski definition) is 0. The molecule has 0 amide bonds. The van der Waals surface area contributed by atoms with Gasteiger partial charge in [-0.05, 0) is 0 Å². The van der Waals surface area contributed by atoms with E-state index in [1.165, 1.54) is 0 Å². The minimum atomic E-state index is -4.76. The average molecular weight is 194 g/mol. The molecule has 72 valence electrons. The summed E-state index contributed by atoms with van der Waals surface area (Å²) in [6.45, 7) is -4.28. The van der Waals surface area contributed by atoms with Gasteiger partial charge in [-0.2, -0.15) is 17.6 Å². The van der Waals surface area contributed by atoms with Crippen molar-refractivity contribution in [1.82, 2.24) is 0 Å². The molecule has 1 heterocycles. The molecule has 1 aliphatic heterocycles. The lowest BCUT2D eigenvalue weighted by Gasteiger charge is -2.25. The molecular weight excluding hydrogens is 190 g/mol. The van der Waals surface area contributed by atoms with Crippen molar-refractivity contribution in [2.24, 2.45) is 0 Å². The lowest BCUT2D eigenvalue weighted by molar-refractivity contribution is -0.282. The zero-order valence-corrected chi connectivity index (χ0v) is 5.59. The number of rotatable bonds is 1. The van der Waals surface area contributed by atoms with Crippen molar-refractivity contribution in [3.8, 4) is 0 Å². The predicted octanol–water partition coefficient (Wildman–Crippen LogP) is 1.92. The van der Waals surface area contributed by atoms with Crippen LogP contribution in [0.1, 0.15) is 0 Å². The number of ether oxygens (including phenoxy) is 1. The second-order valence-electron chi connectivity index (χ2n) is 2.44. The molecule has 1 saturated heterocycles. The van der Waals surface area contributed by atoms with Crippen molar-refractivity contribution in [3.63, 3.8) is 0 Å². The molecule has 1 unspecified atom stereocenters. The average Bonchev–Trinajstić information content (AvgIpc) is 2.12. The Labute approximate surface area is 63.3 Å². The van der Waals surface area contributed by atoms with E-state index in [1.54, 1.807) is 0 Å². The third-order valence-corrected chi connectivity index (χ3v) is 1.66. The van der Waals surface area contributed by atoms with Crippen LogP contribution in [0.15, 0.2) is 0 Å². The van der Waals surface area contributed by atoms with Gasteiger partial charge in [-0.25, -0.2) is 8.78 Å². The molecule has 1 nitrogen and oxygen atoms in total. The zero-order chi connectivity index (χ0) is 9.62. The Balaban J connectivity index is 3.04. The van der Waals surface area contributed by atoms with Crippen molar-refractivity contribution in [3.05, 3.63) is 0 Å². The lowest BCUT2D eigenvalue weighted by atomic mass is 10.0. The molecule has 0 spiro atoms. The molecule has 0 saturated carbocycles. The monoisotopic (exact) mass is 194 g/mol. The van der Waals surface area contributed by atoms with Crippen LogP contribution >= 0.6 is 0 Å². The van der Waals surface area contributed by atoms with Gasteiger partial charge in [0.2, 0.25) is 0 Å². The van der Waals surface area contributed by atoms with Crippen LogP contribution in [0.2, 0.25) is 0 Å². The Morgan fingerprint density at radius 2 is 1.58 bits per heavy atom. The summed E-state index contributed by atoms with van der Waals surface area (Å²) < 4.78 is 76.3. The molecular formula is C5H4F6O. The maximum Gasteiger partial charge on any atom is 0.398 e. The van der Waals surface area contributed by atoms with Gasteiger partial charge >= 0.3 is 12.0 Å². The van der Waals surface area contributed by atoms with Gasteiger partial charge in [0.15, 0.2) is 0 Å².